The van der Waals surface area contributed by atoms with Crippen LogP contribution < -0.4 is 4.90 Å². The number of thioether (sulfide) groups is 1. The number of carbonyl (C=O) groups excluding carboxylic acids is 2. The van der Waals surface area contributed by atoms with E-state index in [2.05, 4.69) is 4.90 Å². The molecule has 2 amide bonds. The van der Waals surface area contributed by atoms with Crippen LogP contribution in [0.15, 0.2) is 53.4 Å². The molecule has 0 aromatic heterocycles. The number of piperidine rings is 1. The van der Waals surface area contributed by atoms with E-state index in [4.69, 9.17) is 0 Å². The minimum Gasteiger partial charge on any atom is -0.371 e. The van der Waals surface area contributed by atoms with Gasteiger partial charge in [0.1, 0.15) is 5.82 Å². The zero-order valence-electron chi connectivity index (χ0n) is 16.9. The van der Waals surface area contributed by atoms with Crippen LogP contribution >= 0.6 is 11.8 Å². The van der Waals surface area contributed by atoms with Crippen LogP contribution in [0.3, 0.4) is 0 Å². The van der Waals surface area contributed by atoms with Gasteiger partial charge in [0.2, 0.25) is 0 Å². The SMILES string of the molecule is O=C1S/C(=C/c2ccc(N3CCCCC3)cc2F)C(=O)N1CCCc1ccccc1. The lowest BCUT2D eigenvalue weighted by molar-refractivity contribution is -0.122. The highest BCUT2D eigenvalue weighted by Gasteiger charge is 2.34. The first-order chi connectivity index (χ1) is 14.6. The van der Waals surface area contributed by atoms with Crippen LogP contribution in [0.5, 0.6) is 0 Å². The van der Waals surface area contributed by atoms with Crippen LogP contribution in [0, 0.1) is 5.82 Å². The van der Waals surface area contributed by atoms with E-state index < -0.39 is 0 Å². The number of anilines is 1. The summed E-state index contributed by atoms with van der Waals surface area (Å²) in [4.78, 5) is 28.7. The van der Waals surface area contributed by atoms with Gasteiger partial charge in [0.15, 0.2) is 0 Å². The summed E-state index contributed by atoms with van der Waals surface area (Å²) in [5, 5.41) is -0.287. The minimum absolute atomic E-state index is 0.282. The Kier molecular flexibility index (Phi) is 6.53. The van der Waals surface area contributed by atoms with E-state index in [1.807, 2.05) is 36.4 Å². The third kappa shape index (κ3) is 4.75. The number of carbonyl (C=O) groups is 2. The van der Waals surface area contributed by atoms with E-state index in [-0.39, 0.29) is 21.9 Å². The summed E-state index contributed by atoms with van der Waals surface area (Å²) in [5.74, 6) is -0.702. The molecule has 4 rings (SSSR count). The van der Waals surface area contributed by atoms with Crippen LogP contribution in [0.2, 0.25) is 0 Å². The standard InChI is InChI=1S/C24H25FN2O2S/c25-21-17-20(26-13-5-2-6-14-26)12-11-19(21)16-22-23(28)27(24(29)30-22)15-7-10-18-8-3-1-4-9-18/h1,3-4,8-9,11-12,16-17H,2,5-7,10,13-15H2/b22-16+. The Morgan fingerprint density at radius 1 is 1.00 bits per heavy atom. The number of benzene rings is 2. The largest absolute Gasteiger partial charge is 0.371 e. The Bertz CT molecular complexity index is 955. The van der Waals surface area contributed by atoms with Gasteiger partial charge in [-0.25, -0.2) is 4.39 Å². The molecule has 0 bridgehead atoms. The van der Waals surface area contributed by atoms with Crippen molar-refractivity contribution < 1.29 is 14.0 Å². The van der Waals surface area contributed by atoms with Gasteiger partial charge < -0.3 is 4.90 Å². The molecular formula is C24H25FN2O2S. The molecule has 156 valence electrons. The summed E-state index contributed by atoms with van der Waals surface area (Å²) in [6.45, 7) is 2.26. The number of hydrogen-bond donors (Lipinski definition) is 0. The van der Waals surface area contributed by atoms with Crippen LogP contribution in [-0.2, 0) is 11.2 Å². The molecule has 0 spiro atoms. The Hall–Kier alpha value is -2.60. The summed E-state index contributed by atoms with van der Waals surface area (Å²) >= 11 is 0.885. The fourth-order valence-corrected chi connectivity index (χ4v) is 4.76. The molecule has 0 unspecified atom stereocenters. The molecular weight excluding hydrogens is 399 g/mol. The highest BCUT2D eigenvalue weighted by atomic mass is 32.2. The highest BCUT2D eigenvalue weighted by Crippen LogP contribution is 2.33. The number of rotatable bonds is 6. The van der Waals surface area contributed by atoms with Crippen molar-refractivity contribution in [2.45, 2.75) is 32.1 Å². The van der Waals surface area contributed by atoms with Gasteiger partial charge in [0, 0.05) is 30.9 Å². The lowest BCUT2D eigenvalue weighted by Crippen LogP contribution is -2.29. The summed E-state index contributed by atoms with van der Waals surface area (Å²) in [7, 11) is 0. The number of halogens is 1. The van der Waals surface area contributed by atoms with Gasteiger partial charge in [-0.05, 0) is 73.7 Å². The molecule has 0 atom stereocenters. The molecule has 0 saturated carbocycles. The van der Waals surface area contributed by atoms with E-state index in [1.165, 1.54) is 29.0 Å². The quantitative estimate of drug-likeness (QED) is 0.576. The predicted octanol–water partition coefficient (Wildman–Crippen LogP) is 5.49. The first kappa shape index (κ1) is 20.7. The maximum Gasteiger partial charge on any atom is 0.293 e. The van der Waals surface area contributed by atoms with Crippen LogP contribution in [0.25, 0.3) is 6.08 Å². The molecule has 4 nitrogen and oxygen atoms in total. The average molecular weight is 425 g/mol. The highest BCUT2D eigenvalue weighted by molar-refractivity contribution is 8.18. The van der Waals surface area contributed by atoms with Crippen molar-refractivity contribution >= 4 is 34.7 Å². The van der Waals surface area contributed by atoms with Crippen molar-refractivity contribution in [3.63, 3.8) is 0 Å². The minimum atomic E-state index is -0.367. The fraction of sp³-hybridized carbons (Fsp3) is 0.333. The van der Waals surface area contributed by atoms with Gasteiger partial charge in [0.25, 0.3) is 11.1 Å². The third-order valence-corrected chi connectivity index (χ3v) is 6.46. The van der Waals surface area contributed by atoms with Crippen molar-refractivity contribution in [3.05, 3.63) is 70.4 Å². The van der Waals surface area contributed by atoms with Crippen LogP contribution in [0.1, 0.15) is 36.8 Å². The average Bonchev–Trinajstić information content (AvgIpc) is 3.04. The zero-order valence-corrected chi connectivity index (χ0v) is 17.7. The number of hydrogen-bond acceptors (Lipinski definition) is 4. The van der Waals surface area contributed by atoms with Gasteiger partial charge in [-0.1, -0.05) is 30.3 Å². The Labute approximate surface area is 180 Å². The maximum atomic E-state index is 14.7. The lowest BCUT2D eigenvalue weighted by atomic mass is 10.1. The molecule has 2 fully saturated rings. The second kappa shape index (κ2) is 9.47. The third-order valence-electron chi connectivity index (χ3n) is 5.56. The van der Waals surface area contributed by atoms with Crippen molar-refractivity contribution in [1.82, 2.24) is 4.90 Å². The first-order valence-corrected chi connectivity index (χ1v) is 11.3. The van der Waals surface area contributed by atoms with Gasteiger partial charge >= 0.3 is 0 Å². The van der Waals surface area contributed by atoms with Gasteiger partial charge in [-0.2, -0.15) is 0 Å². The van der Waals surface area contributed by atoms with Gasteiger partial charge in [-0.15, -0.1) is 0 Å². The number of aryl methyl sites for hydroxylation is 1. The van der Waals surface area contributed by atoms with Crippen LogP contribution in [-0.4, -0.2) is 35.7 Å². The molecule has 2 heterocycles. The van der Waals surface area contributed by atoms with E-state index >= 15 is 0 Å². The fourth-order valence-electron chi connectivity index (χ4n) is 3.90. The molecule has 2 aromatic rings. The van der Waals surface area contributed by atoms with E-state index in [1.54, 1.807) is 6.07 Å². The van der Waals surface area contributed by atoms with E-state index in [9.17, 15) is 14.0 Å². The normalized spacial score (nSPS) is 18.5. The topological polar surface area (TPSA) is 40.6 Å². The Morgan fingerprint density at radius 2 is 1.77 bits per heavy atom. The molecule has 2 aliphatic rings. The maximum absolute atomic E-state index is 14.7. The van der Waals surface area contributed by atoms with Gasteiger partial charge in [0.05, 0.1) is 4.91 Å². The molecule has 0 aliphatic carbocycles. The summed E-state index contributed by atoms with van der Waals surface area (Å²) in [6, 6.07) is 15.1. The molecule has 6 heteroatoms. The van der Waals surface area contributed by atoms with E-state index in [0.29, 0.717) is 18.5 Å². The lowest BCUT2D eigenvalue weighted by Gasteiger charge is -2.28. The van der Waals surface area contributed by atoms with E-state index in [0.717, 1.165) is 49.8 Å². The zero-order chi connectivity index (χ0) is 20.9. The molecule has 30 heavy (non-hydrogen) atoms. The summed E-state index contributed by atoms with van der Waals surface area (Å²) in [5.41, 5.74) is 2.39. The molecule has 0 radical (unpaired) electrons. The van der Waals surface area contributed by atoms with Gasteiger partial charge in [-0.3, -0.25) is 14.5 Å². The number of amides is 2. The Balaban J connectivity index is 1.41. The second-order valence-corrected chi connectivity index (χ2v) is 8.67. The number of nitrogens with zero attached hydrogens (tertiary/aromatic N) is 2. The van der Waals surface area contributed by atoms with Crippen molar-refractivity contribution in [2.75, 3.05) is 24.5 Å². The second-order valence-electron chi connectivity index (χ2n) is 7.68. The van der Waals surface area contributed by atoms with Crippen molar-refractivity contribution in [3.8, 4) is 0 Å². The van der Waals surface area contributed by atoms with Crippen molar-refractivity contribution in [2.24, 2.45) is 0 Å². The van der Waals surface area contributed by atoms with Crippen molar-refractivity contribution in [1.29, 1.82) is 0 Å². The first-order valence-electron chi connectivity index (χ1n) is 10.5. The smallest absolute Gasteiger partial charge is 0.293 e. The molecule has 0 N–H and O–H groups in total. The Morgan fingerprint density at radius 3 is 2.50 bits per heavy atom. The molecule has 2 aliphatic heterocycles. The summed E-state index contributed by atoms with van der Waals surface area (Å²) < 4.78 is 14.7. The molecule has 2 saturated heterocycles. The predicted molar refractivity (Wildman–Crippen MR) is 120 cm³/mol. The monoisotopic (exact) mass is 424 g/mol. The number of imide groups is 1. The van der Waals surface area contributed by atoms with Crippen LogP contribution in [0.4, 0.5) is 14.9 Å². The molecule has 2 aromatic carbocycles. The summed E-state index contributed by atoms with van der Waals surface area (Å²) in [6.07, 6.45) is 6.47.